The first-order valence-corrected chi connectivity index (χ1v) is 7.75. The van der Waals surface area contributed by atoms with Crippen LogP contribution in [0.25, 0.3) is 0 Å². The zero-order valence-corrected chi connectivity index (χ0v) is 14.5. The minimum atomic E-state index is 0.345. The molecule has 0 fully saturated rings. The Labute approximate surface area is 122 Å². The fourth-order valence-corrected chi connectivity index (χ4v) is 2.60. The van der Waals surface area contributed by atoms with E-state index in [0.717, 1.165) is 6.42 Å². The molecule has 0 nitrogen and oxygen atoms in total. The molecular weight excluding hydrogens is 228 g/mol. The summed E-state index contributed by atoms with van der Waals surface area (Å²) in [5.41, 5.74) is 2.17. The molecule has 0 heteroatoms. The SMILES string of the molecule is C=CC(C)CCC(CC(C)(C)C)C(=C)CC(C)(C)C. The molecule has 0 spiro atoms. The van der Waals surface area contributed by atoms with Crippen LogP contribution in [0.5, 0.6) is 0 Å². The van der Waals surface area contributed by atoms with E-state index in [9.17, 15) is 0 Å². The largest absolute Gasteiger partial charge is 0.103 e. The minimum absolute atomic E-state index is 0.345. The number of hydrogen-bond acceptors (Lipinski definition) is 0. The monoisotopic (exact) mass is 264 g/mol. The van der Waals surface area contributed by atoms with E-state index >= 15 is 0 Å². The van der Waals surface area contributed by atoms with Crippen LogP contribution in [-0.2, 0) is 0 Å². The van der Waals surface area contributed by atoms with Gasteiger partial charge in [-0.25, -0.2) is 0 Å². The van der Waals surface area contributed by atoms with Gasteiger partial charge in [0.15, 0.2) is 0 Å². The fourth-order valence-electron chi connectivity index (χ4n) is 2.60. The predicted molar refractivity (Wildman–Crippen MR) is 89.4 cm³/mol. The normalized spacial score (nSPS) is 15.9. The summed E-state index contributed by atoms with van der Waals surface area (Å²) < 4.78 is 0. The Morgan fingerprint density at radius 2 is 1.53 bits per heavy atom. The molecule has 0 amide bonds. The highest BCUT2D eigenvalue weighted by molar-refractivity contribution is 5.04. The van der Waals surface area contributed by atoms with Gasteiger partial charge in [-0.1, -0.05) is 66.7 Å². The number of hydrogen-bond donors (Lipinski definition) is 0. The lowest BCUT2D eigenvalue weighted by Crippen LogP contribution is -2.18. The Morgan fingerprint density at radius 3 is 1.89 bits per heavy atom. The maximum absolute atomic E-state index is 4.40. The third-order valence-electron chi connectivity index (χ3n) is 3.57. The minimum Gasteiger partial charge on any atom is -0.103 e. The van der Waals surface area contributed by atoms with Crippen LogP contribution in [0.4, 0.5) is 0 Å². The lowest BCUT2D eigenvalue weighted by molar-refractivity contribution is 0.282. The van der Waals surface area contributed by atoms with E-state index in [1.807, 2.05) is 0 Å². The van der Waals surface area contributed by atoms with E-state index in [0.29, 0.717) is 22.7 Å². The molecule has 0 aliphatic carbocycles. The van der Waals surface area contributed by atoms with Gasteiger partial charge in [-0.3, -0.25) is 0 Å². The van der Waals surface area contributed by atoms with Crippen LogP contribution in [0.3, 0.4) is 0 Å². The summed E-state index contributed by atoms with van der Waals surface area (Å²) in [7, 11) is 0. The molecule has 0 aliphatic heterocycles. The molecule has 0 rings (SSSR count). The zero-order chi connectivity index (χ0) is 15.3. The standard InChI is InChI=1S/C19H36/c1-10-15(2)11-12-17(14-19(7,8)9)16(3)13-18(4,5)6/h10,15,17H,1,3,11-14H2,2,4-9H3. The van der Waals surface area contributed by atoms with Gasteiger partial charge in [0.1, 0.15) is 0 Å². The van der Waals surface area contributed by atoms with Crippen molar-refractivity contribution in [3.05, 3.63) is 24.8 Å². The average molecular weight is 264 g/mol. The van der Waals surface area contributed by atoms with E-state index in [1.54, 1.807) is 0 Å². The highest BCUT2D eigenvalue weighted by Crippen LogP contribution is 2.37. The van der Waals surface area contributed by atoms with Crippen LogP contribution in [0.1, 0.15) is 74.1 Å². The Hall–Kier alpha value is -0.520. The zero-order valence-electron chi connectivity index (χ0n) is 14.5. The molecule has 0 radical (unpaired) electrons. The van der Waals surface area contributed by atoms with E-state index < -0.39 is 0 Å². The molecule has 2 unspecified atom stereocenters. The Kier molecular flexibility index (Phi) is 7.11. The van der Waals surface area contributed by atoms with Gasteiger partial charge in [0.05, 0.1) is 0 Å². The third kappa shape index (κ3) is 9.99. The van der Waals surface area contributed by atoms with E-state index in [2.05, 4.69) is 67.7 Å². The lowest BCUT2D eigenvalue weighted by Gasteiger charge is -2.31. The molecule has 0 bridgehead atoms. The van der Waals surface area contributed by atoms with Gasteiger partial charge in [-0.15, -0.1) is 6.58 Å². The number of allylic oxidation sites excluding steroid dienone is 2. The molecule has 0 aromatic carbocycles. The molecule has 2 atom stereocenters. The predicted octanol–water partition coefficient (Wildman–Crippen LogP) is 6.63. The second-order valence-electron chi connectivity index (χ2n) is 8.65. The maximum atomic E-state index is 4.40. The summed E-state index contributed by atoms with van der Waals surface area (Å²) in [6.45, 7) is 24.5. The smallest absolute Gasteiger partial charge is 0.0201 e. The molecule has 0 aromatic heterocycles. The van der Waals surface area contributed by atoms with E-state index in [4.69, 9.17) is 0 Å². The van der Waals surface area contributed by atoms with Crippen LogP contribution in [0.2, 0.25) is 0 Å². The van der Waals surface area contributed by atoms with Crippen molar-refractivity contribution in [3.63, 3.8) is 0 Å². The van der Waals surface area contributed by atoms with E-state index in [-0.39, 0.29) is 0 Å². The maximum Gasteiger partial charge on any atom is -0.0201 e. The summed E-state index contributed by atoms with van der Waals surface area (Å²) in [4.78, 5) is 0. The van der Waals surface area contributed by atoms with Crippen molar-refractivity contribution in [2.24, 2.45) is 22.7 Å². The highest BCUT2D eigenvalue weighted by atomic mass is 14.3. The fraction of sp³-hybridized carbons (Fsp3) is 0.789. The molecule has 0 aliphatic rings. The van der Waals surface area contributed by atoms with Gasteiger partial charge in [-0.2, -0.15) is 0 Å². The first-order chi connectivity index (χ1) is 8.44. The van der Waals surface area contributed by atoms with Gasteiger partial charge in [0, 0.05) is 0 Å². The lowest BCUT2D eigenvalue weighted by atomic mass is 9.74. The van der Waals surface area contributed by atoms with Gasteiger partial charge < -0.3 is 0 Å². The summed E-state index contributed by atoms with van der Waals surface area (Å²) in [6, 6.07) is 0. The average Bonchev–Trinajstić information content (AvgIpc) is 2.19. The van der Waals surface area contributed by atoms with Crippen molar-refractivity contribution in [3.8, 4) is 0 Å². The van der Waals surface area contributed by atoms with Gasteiger partial charge in [0.25, 0.3) is 0 Å². The topological polar surface area (TPSA) is 0 Å². The van der Waals surface area contributed by atoms with Crippen molar-refractivity contribution >= 4 is 0 Å². The van der Waals surface area contributed by atoms with Crippen molar-refractivity contribution in [2.75, 3.05) is 0 Å². The van der Waals surface area contributed by atoms with Gasteiger partial charge >= 0.3 is 0 Å². The van der Waals surface area contributed by atoms with Crippen molar-refractivity contribution in [2.45, 2.75) is 74.1 Å². The van der Waals surface area contributed by atoms with Crippen LogP contribution >= 0.6 is 0 Å². The van der Waals surface area contributed by atoms with Crippen LogP contribution < -0.4 is 0 Å². The first kappa shape index (κ1) is 18.5. The van der Waals surface area contributed by atoms with Gasteiger partial charge in [-0.05, 0) is 48.3 Å². The Bertz CT molecular complexity index is 282. The first-order valence-electron chi connectivity index (χ1n) is 7.75. The van der Waals surface area contributed by atoms with Crippen molar-refractivity contribution in [1.29, 1.82) is 0 Å². The Balaban J connectivity index is 4.66. The summed E-state index contributed by atoms with van der Waals surface area (Å²) in [6.07, 6.45) is 6.93. The third-order valence-corrected chi connectivity index (χ3v) is 3.57. The summed E-state index contributed by atoms with van der Waals surface area (Å²) >= 11 is 0. The van der Waals surface area contributed by atoms with Crippen molar-refractivity contribution < 1.29 is 0 Å². The molecule has 0 saturated carbocycles. The van der Waals surface area contributed by atoms with Crippen LogP contribution in [0.15, 0.2) is 24.8 Å². The van der Waals surface area contributed by atoms with Crippen LogP contribution in [-0.4, -0.2) is 0 Å². The molecule has 0 heterocycles. The summed E-state index contributed by atoms with van der Waals surface area (Å²) in [5, 5.41) is 0. The molecule has 19 heavy (non-hydrogen) atoms. The molecule has 112 valence electrons. The highest BCUT2D eigenvalue weighted by Gasteiger charge is 2.24. The van der Waals surface area contributed by atoms with E-state index in [1.165, 1.54) is 24.8 Å². The number of rotatable bonds is 7. The quantitative estimate of drug-likeness (QED) is 0.452. The second-order valence-corrected chi connectivity index (χ2v) is 8.65. The molecular formula is C19H36. The molecule has 0 N–H and O–H groups in total. The Morgan fingerprint density at radius 1 is 1.00 bits per heavy atom. The van der Waals surface area contributed by atoms with Gasteiger partial charge in [0.2, 0.25) is 0 Å². The summed E-state index contributed by atoms with van der Waals surface area (Å²) in [5.74, 6) is 1.27. The molecule has 0 aromatic rings. The second kappa shape index (κ2) is 7.31. The van der Waals surface area contributed by atoms with Crippen LogP contribution in [0, 0.1) is 22.7 Å². The van der Waals surface area contributed by atoms with Crippen molar-refractivity contribution in [1.82, 2.24) is 0 Å². The molecule has 0 saturated heterocycles.